The largest absolute Gasteiger partial charge is 0.481 e. The summed E-state index contributed by atoms with van der Waals surface area (Å²) in [6.07, 6.45) is -0.487. The van der Waals surface area contributed by atoms with Crippen LogP contribution in [-0.4, -0.2) is 60.6 Å². The molecule has 0 aromatic carbocycles. The monoisotopic (exact) mass is 272 g/mol. The highest BCUT2D eigenvalue weighted by Gasteiger charge is 2.32. The van der Waals surface area contributed by atoms with Gasteiger partial charge in [-0.15, -0.1) is 0 Å². The number of carbonyl (C=O) groups excluding carboxylic acids is 2. The van der Waals surface area contributed by atoms with E-state index in [1.54, 1.807) is 14.0 Å². The van der Waals surface area contributed by atoms with E-state index in [-0.39, 0.29) is 37.1 Å². The second-order valence-corrected chi connectivity index (χ2v) is 4.60. The van der Waals surface area contributed by atoms with Crippen LogP contribution < -0.4 is 5.32 Å². The number of nitrogens with one attached hydrogen (secondary N) is 1. The quantitative estimate of drug-likeness (QED) is 0.649. The van der Waals surface area contributed by atoms with Gasteiger partial charge in [0.25, 0.3) is 0 Å². The third-order valence-corrected chi connectivity index (χ3v) is 3.02. The Balaban J connectivity index is 2.39. The number of ether oxygens (including phenoxy) is 1. The molecule has 0 bridgehead atoms. The first kappa shape index (κ1) is 15.4. The fourth-order valence-corrected chi connectivity index (χ4v) is 2.02. The lowest BCUT2D eigenvalue weighted by molar-refractivity contribution is -0.140. The summed E-state index contributed by atoms with van der Waals surface area (Å²) >= 11 is 0. The molecule has 7 nitrogen and oxygen atoms in total. The third kappa shape index (κ3) is 4.86. The molecule has 1 fully saturated rings. The van der Waals surface area contributed by atoms with Crippen molar-refractivity contribution in [2.24, 2.45) is 5.92 Å². The zero-order chi connectivity index (χ0) is 14.4. The average molecular weight is 272 g/mol. The Bertz CT molecular complexity index is 358. The summed E-state index contributed by atoms with van der Waals surface area (Å²) in [6.45, 7) is 2.70. The molecule has 0 saturated carbocycles. The highest BCUT2D eigenvalue weighted by atomic mass is 16.5. The van der Waals surface area contributed by atoms with Gasteiger partial charge in [0.05, 0.1) is 18.4 Å². The number of rotatable bonds is 7. The van der Waals surface area contributed by atoms with Gasteiger partial charge < -0.3 is 20.1 Å². The lowest BCUT2D eigenvalue weighted by Crippen LogP contribution is -2.39. The summed E-state index contributed by atoms with van der Waals surface area (Å²) in [5.41, 5.74) is 0. The topological polar surface area (TPSA) is 95.9 Å². The zero-order valence-electron chi connectivity index (χ0n) is 11.2. The summed E-state index contributed by atoms with van der Waals surface area (Å²) < 4.78 is 5.24. The molecule has 19 heavy (non-hydrogen) atoms. The van der Waals surface area contributed by atoms with E-state index in [0.717, 1.165) is 0 Å². The van der Waals surface area contributed by atoms with Crippen molar-refractivity contribution in [3.63, 3.8) is 0 Å². The Kier molecular flexibility index (Phi) is 5.75. The van der Waals surface area contributed by atoms with E-state index in [2.05, 4.69) is 5.32 Å². The molecule has 1 aliphatic rings. The van der Waals surface area contributed by atoms with Crippen LogP contribution in [0.15, 0.2) is 0 Å². The van der Waals surface area contributed by atoms with Gasteiger partial charge in [-0.2, -0.15) is 0 Å². The number of nitrogens with zero attached hydrogens (tertiary/aromatic N) is 1. The third-order valence-electron chi connectivity index (χ3n) is 3.02. The summed E-state index contributed by atoms with van der Waals surface area (Å²) in [7, 11) is 1.66. The summed E-state index contributed by atoms with van der Waals surface area (Å²) in [4.78, 5) is 35.3. The molecule has 2 amide bonds. The molecule has 2 atom stereocenters. The predicted molar refractivity (Wildman–Crippen MR) is 66.4 cm³/mol. The summed E-state index contributed by atoms with van der Waals surface area (Å²) in [5.74, 6) is -1.60. The maximum atomic E-state index is 11.8. The zero-order valence-corrected chi connectivity index (χ0v) is 11.2. The Morgan fingerprint density at radius 3 is 2.74 bits per heavy atom. The molecule has 0 aromatic heterocycles. The number of hydrogen-bond donors (Lipinski definition) is 2. The molecule has 0 spiro atoms. The second-order valence-electron chi connectivity index (χ2n) is 4.60. The van der Waals surface area contributed by atoms with Gasteiger partial charge in [0.15, 0.2) is 0 Å². The molecule has 0 aliphatic carbocycles. The molecule has 1 heterocycles. The van der Waals surface area contributed by atoms with E-state index in [1.165, 1.54) is 4.90 Å². The van der Waals surface area contributed by atoms with Crippen LogP contribution in [0.2, 0.25) is 0 Å². The van der Waals surface area contributed by atoms with Gasteiger partial charge in [-0.05, 0) is 6.92 Å². The molecule has 0 radical (unpaired) electrons. The van der Waals surface area contributed by atoms with Gasteiger partial charge in [0.1, 0.15) is 0 Å². The smallest absolute Gasteiger partial charge is 0.306 e. The van der Waals surface area contributed by atoms with Crippen molar-refractivity contribution in [2.75, 3.05) is 26.7 Å². The van der Waals surface area contributed by atoms with Crippen LogP contribution in [0.3, 0.4) is 0 Å². The number of aliphatic carboxylic acids is 1. The van der Waals surface area contributed by atoms with Crippen molar-refractivity contribution < 1.29 is 24.2 Å². The summed E-state index contributed by atoms with van der Waals surface area (Å²) in [6, 6.07) is 0. The van der Waals surface area contributed by atoms with Crippen LogP contribution in [0, 0.1) is 5.92 Å². The Morgan fingerprint density at radius 2 is 2.26 bits per heavy atom. The molecule has 1 saturated heterocycles. The number of carbonyl (C=O) groups is 3. The highest BCUT2D eigenvalue weighted by Crippen LogP contribution is 2.15. The van der Waals surface area contributed by atoms with E-state index in [0.29, 0.717) is 13.2 Å². The minimum Gasteiger partial charge on any atom is -0.481 e. The van der Waals surface area contributed by atoms with Crippen molar-refractivity contribution in [3.05, 3.63) is 0 Å². The fraction of sp³-hybridized carbons (Fsp3) is 0.750. The van der Waals surface area contributed by atoms with Crippen molar-refractivity contribution in [2.45, 2.75) is 25.9 Å². The highest BCUT2D eigenvalue weighted by molar-refractivity contribution is 5.89. The maximum Gasteiger partial charge on any atom is 0.306 e. The van der Waals surface area contributed by atoms with Crippen molar-refractivity contribution in [3.8, 4) is 0 Å². The van der Waals surface area contributed by atoms with Crippen LogP contribution in [0.4, 0.5) is 0 Å². The van der Waals surface area contributed by atoms with E-state index >= 15 is 0 Å². The Hall–Kier alpha value is -1.63. The molecule has 2 unspecified atom stereocenters. The van der Waals surface area contributed by atoms with Gasteiger partial charge >= 0.3 is 5.97 Å². The lowest BCUT2D eigenvalue weighted by atomic mass is 10.1. The van der Waals surface area contributed by atoms with Crippen LogP contribution >= 0.6 is 0 Å². The second kappa shape index (κ2) is 7.08. The first-order valence-corrected chi connectivity index (χ1v) is 6.29. The molecular weight excluding hydrogens is 252 g/mol. The summed E-state index contributed by atoms with van der Waals surface area (Å²) in [5, 5.41) is 11.4. The van der Waals surface area contributed by atoms with Gasteiger partial charge in [0, 0.05) is 33.2 Å². The molecule has 108 valence electrons. The SMILES string of the molecule is CCOC(CNC(=O)C1CC(=O)N(C)C1)CC(=O)O. The number of likely N-dealkylation sites (tertiary alicyclic amines) is 1. The molecular formula is C12H20N2O5. The average Bonchev–Trinajstić information content (AvgIpc) is 2.66. The van der Waals surface area contributed by atoms with Crippen molar-refractivity contribution in [1.29, 1.82) is 0 Å². The van der Waals surface area contributed by atoms with E-state index in [4.69, 9.17) is 9.84 Å². The fourth-order valence-electron chi connectivity index (χ4n) is 2.02. The normalized spacial score (nSPS) is 20.4. The maximum absolute atomic E-state index is 11.8. The van der Waals surface area contributed by atoms with Crippen molar-refractivity contribution in [1.82, 2.24) is 10.2 Å². The number of carboxylic acids is 1. The molecule has 7 heteroatoms. The first-order chi connectivity index (χ1) is 8.93. The number of hydrogen-bond acceptors (Lipinski definition) is 4. The van der Waals surface area contributed by atoms with Gasteiger partial charge in [-0.1, -0.05) is 0 Å². The predicted octanol–water partition coefficient (Wildman–Crippen LogP) is -0.539. The van der Waals surface area contributed by atoms with E-state index < -0.39 is 12.1 Å². The number of carboxylic acid groups (broad SMARTS) is 1. The van der Waals surface area contributed by atoms with Crippen LogP contribution in [0.25, 0.3) is 0 Å². The molecule has 1 aliphatic heterocycles. The molecule has 2 N–H and O–H groups in total. The first-order valence-electron chi connectivity index (χ1n) is 6.29. The Labute approximate surface area is 111 Å². The lowest BCUT2D eigenvalue weighted by Gasteiger charge is -2.17. The van der Waals surface area contributed by atoms with Gasteiger partial charge in [-0.25, -0.2) is 0 Å². The van der Waals surface area contributed by atoms with Gasteiger partial charge in [-0.3, -0.25) is 14.4 Å². The Morgan fingerprint density at radius 1 is 1.58 bits per heavy atom. The molecule has 0 aromatic rings. The van der Waals surface area contributed by atoms with Crippen LogP contribution in [0.5, 0.6) is 0 Å². The van der Waals surface area contributed by atoms with Crippen LogP contribution in [0.1, 0.15) is 19.8 Å². The molecule has 1 rings (SSSR count). The van der Waals surface area contributed by atoms with Gasteiger partial charge in [0.2, 0.25) is 11.8 Å². The van der Waals surface area contributed by atoms with E-state index in [9.17, 15) is 14.4 Å². The van der Waals surface area contributed by atoms with Crippen molar-refractivity contribution >= 4 is 17.8 Å². The van der Waals surface area contributed by atoms with Crippen LogP contribution in [-0.2, 0) is 19.1 Å². The standard InChI is InChI=1S/C12H20N2O5/c1-3-19-9(5-11(16)17)6-13-12(18)8-4-10(15)14(2)7-8/h8-9H,3-7H2,1-2H3,(H,13,18)(H,16,17). The van der Waals surface area contributed by atoms with E-state index in [1.807, 2.05) is 0 Å². The number of amides is 2. The minimum atomic E-state index is -0.969. The minimum absolute atomic E-state index is 0.0490.